The van der Waals surface area contributed by atoms with Crippen LogP contribution in [-0.2, 0) is 0 Å². The smallest absolute Gasteiger partial charge is 0.336 e. The van der Waals surface area contributed by atoms with Crippen molar-refractivity contribution in [2.75, 3.05) is 5.75 Å². The van der Waals surface area contributed by atoms with Gasteiger partial charge in [-0.15, -0.1) is 0 Å². The molecule has 0 spiro atoms. The van der Waals surface area contributed by atoms with Crippen molar-refractivity contribution in [2.24, 2.45) is 0 Å². The molecule has 1 aromatic carbocycles. The summed E-state index contributed by atoms with van der Waals surface area (Å²) in [7, 11) is 0. The molecule has 0 heterocycles. The summed E-state index contributed by atoms with van der Waals surface area (Å²) < 4.78 is 13.5. The molecule has 0 aliphatic rings. The van der Waals surface area contributed by atoms with Crippen LogP contribution in [0.1, 0.15) is 28.4 Å². The second kappa shape index (κ2) is 6.00. The lowest BCUT2D eigenvalue weighted by Gasteiger charge is -2.19. The molecule has 0 saturated carbocycles. The largest absolute Gasteiger partial charge is 0.478 e. The molecule has 0 bridgehead atoms. The third-order valence-corrected chi connectivity index (χ3v) is 2.63. The molecule has 2 atom stereocenters. The van der Waals surface area contributed by atoms with E-state index in [9.17, 15) is 19.4 Å². The van der Waals surface area contributed by atoms with Crippen LogP contribution in [0, 0.1) is 5.82 Å². The lowest BCUT2D eigenvalue weighted by molar-refractivity contribution is 0.0141. The molecular weight excluding hydrogens is 247 g/mol. The lowest BCUT2D eigenvalue weighted by atomic mass is 9.97. The van der Waals surface area contributed by atoms with E-state index in [0.717, 1.165) is 6.07 Å². The zero-order valence-corrected chi connectivity index (χ0v) is 9.77. The Labute approximate surface area is 103 Å². The Morgan fingerprint density at radius 2 is 2.06 bits per heavy atom. The van der Waals surface area contributed by atoms with Gasteiger partial charge >= 0.3 is 5.97 Å². The molecule has 0 amide bonds. The fraction of sp³-hybridized carbons (Fsp3) is 0.364. The van der Waals surface area contributed by atoms with Gasteiger partial charge in [0, 0.05) is 5.56 Å². The molecule has 94 valence electrons. The summed E-state index contributed by atoms with van der Waals surface area (Å²) in [5, 5.41) is 28.2. The second-order valence-electron chi connectivity index (χ2n) is 3.53. The predicted octanol–water partition coefficient (Wildman–Crippen LogP) is 1.24. The van der Waals surface area contributed by atoms with Crippen LogP contribution in [0.5, 0.6) is 0 Å². The monoisotopic (exact) mass is 260 g/mol. The molecular formula is C11H13FO4S. The summed E-state index contributed by atoms with van der Waals surface area (Å²) in [5.41, 5.74) is -0.745. The van der Waals surface area contributed by atoms with Crippen LogP contribution in [0.25, 0.3) is 0 Å². The topological polar surface area (TPSA) is 77.8 Å². The summed E-state index contributed by atoms with van der Waals surface area (Å²) in [6.07, 6.45) is -2.69. The van der Waals surface area contributed by atoms with Crippen molar-refractivity contribution in [3.05, 3.63) is 35.1 Å². The number of thiol groups is 1. The van der Waals surface area contributed by atoms with Crippen molar-refractivity contribution >= 4 is 18.6 Å². The Balaban J connectivity index is 3.15. The normalized spacial score (nSPS) is 14.4. The number of carbonyl (C=O) groups is 1. The van der Waals surface area contributed by atoms with Crippen molar-refractivity contribution in [3.63, 3.8) is 0 Å². The quantitative estimate of drug-likeness (QED) is 0.601. The maximum atomic E-state index is 13.5. The van der Waals surface area contributed by atoms with Crippen molar-refractivity contribution < 1.29 is 24.5 Å². The van der Waals surface area contributed by atoms with Gasteiger partial charge in [0.05, 0.1) is 11.7 Å². The first-order valence-corrected chi connectivity index (χ1v) is 5.61. The van der Waals surface area contributed by atoms with Crippen LogP contribution < -0.4 is 0 Å². The number of aliphatic hydroxyl groups excluding tert-OH is 2. The standard InChI is InChI=1S/C11H13FO4S/c12-7-3-1-2-6(11(15)16)9(7)10(14)8(13)4-5-17/h1-3,8,10,13-14,17H,4-5H2,(H,15,16). The second-order valence-corrected chi connectivity index (χ2v) is 3.98. The first-order chi connectivity index (χ1) is 7.99. The number of aromatic carboxylic acids is 1. The van der Waals surface area contributed by atoms with Crippen LogP contribution in [0.4, 0.5) is 4.39 Å². The number of halogens is 1. The van der Waals surface area contributed by atoms with Crippen LogP contribution >= 0.6 is 12.6 Å². The van der Waals surface area contributed by atoms with E-state index in [4.69, 9.17) is 5.11 Å². The first-order valence-electron chi connectivity index (χ1n) is 4.97. The highest BCUT2D eigenvalue weighted by atomic mass is 32.1. The van der Waals surface area contributed by atoms with Crippen molar-refractivity contribution in [1.82, 2.24) is 0 Å². The first kappa shape index (κ1) is 14.0. The van der Waals surface area contributed by atoms with Crippen LogP contribution in [0.3, 0.4) is 0 Å². The Bertz CT molecular complexity index is 410. The highest BCUT2D eigenvalue weighted by Crippen LogP contribution is 2.25. The fourth-order valence-corrected chi connectivity index (χ4v) is 1.77. The summed E-state index contributed by atoms with van der Waals surface area (Å²) >= 11 is 3.88. The van der Waals surface area contributed by atoms with E-state index < -0.39 is 29.6 Å². The van der Waals surface area contributed by atoms with Gasteiger partial charge < -0.3 is 15.3 Å². The van der Waals surface area contributed by atoms with Crippen LogP contribution in [0.15, 0.2) is 18.2 Å². The molecule has 0 saturated heterocycles. The number of aliphatic hydroxyl groups is 2. The van der Waals surface area contributed by atoms with Gasteiger partial charge in [0.2, 0.25) is 0 Å². The van der Waals surface area contributed by atoms with E-state index in [1.165, 1.54) is 12.1 Å². The molecule has 3 N–H and O–H groups in total. The number of benzene rings is 1. The zero-order chi connectivity index (χ0) is 13.0. The number of carboxylic acids is 1. The minimum Gasteiger partial charge on any atom is -0.478 e. The summed E-state index contributed by atoms with van der Waals surface area (Å²) in [6.45, 7) is 0. The Hall–Kier alpha value is -1.11. The zero-order valence-electron chi connectivity index (χ0n) is 8.88. The molecule has 6 heteroatoms. The average molecular weight is 260 g/mol. The maximum absolute atomic E-state index is 13.5. The van der Waals surface area contributed by atoms with E-state index in [-0.39, 0.29) is 12.0 Å². The van der Waals surface area contributed by atoms with Crippen LogP contribution in [-0.4, -0.2) is 33.1 Å². The molecule has 1 rings (SSSR count). The number of carboxylic acid groups (broad SMARTS) is 1. The Morgan fingerprint density at radius 3 is 2.59 bits per heavy atom. The predicted molar refractivity (Wildman–Crippen MR) is 62.8 cm³/mol. The van der Waals surface area contributed by atoms with E-state index in [2.05, 4.69) is 12.6 Å². The van der Waals surface area contributed by atoms with Gasteiger partial charge in [-0.25, -0.2) is 9.18 Å². The molecule has 2 unspecified atom stereocenters. The van der Waals surface area contributed by atoms with E-state index >= 15 is 0 Å². The molecule has 17 heavy (non-hydrogen) atoms. The number of hydrogen-bond acceptors (Lipinski definition) is 4. The highest BCUT2D eigenvalue weighted by Gasteiger charge is 2.26. The van der Waals surface area contributed by atoms with Gasteiger partial charge in [0.25, 0.3) is 0 Å². The number of hydrogen-bond donors (Lipinski definition) is 4. The lowest BCUT2D eigenvalue weighted by Crippen LogP contribution is -2.22. The van der Waals surface area contributed by atoms with Crippen molar-refractivity contribution in [3.8, 4) is 0 Å². The Morgan fingerprint density at radius 1 is 1.41 bits per heavy atom. The molecule has 0 fully saturated rings. The molecule has 0 aromatic heterocycles. The highest BCUT2D eigenvalue weighted by molar-refractivity contribution is 7.80. The molecule has 0 aliphatic carbocycles. The van der Waals surface area contributed by atoms with Gasteiger partial charge in [-0.05, 0) is 24.3 Å². The Kier molecular flexibility index (Phi) is 4.92. The molecule has 4 nitrogen and oxygen atoms in total. The van der Waals surface area contributed by atoms with E-state index in [1.54, 1.807) is 0 Å². The van der Waals surface area contributed by atoms with Gasteiger partial charge in [-0.2, -0.15) is 12.6 Å². The fourth-order valence-electron chi connectivity index (χ4n) is 1.51. The summed E-state index contributed by atoms with van der Waals surface area (Å²) in [6, 6.07) is 3.45. The van der Waals surface area contributed by atoms with E-state index in [1.807, 2.05) is 0 Å². The summed E-state index contributed by atoms with van der Waals surface area (Å²) in [5.74, 6) is -1.90. The maximum Gasteiger partial charge on any atom is 0.336 e. The van der Waals surface area contributed by atoms with E-state index in [0.29, 0.717) is 5.75 Å². The average Bonchev–Trinajstić information content (AvgIpc) is 2.28. The SMILES string of the molecule is O=C(O)c1cccc(F)c1C(O)C(O)CCS. The molecule has 0 radical (unpaired) electrons. The molecule has 0 aliphatic heterocycles. The minimum atomic E-state index is -1.57. The van der Waals surface area contributed by atoms with Crippen molar-refractivity contribution in [1.29, 1.82) is 0 Å². The third kappa shape index (κ3) is 3.18. The minimum absolute atomic E-state index is 0.137. The van der Waals surface area contributed by atoms with Gasteiger partial charge in [-0.3, -0.25) is 0 Å². The van der Waals surface area contributed by atoms with Gasteiger partial charge in [-0.1, -0.05) is 6.07 Å². The third-order valence-electron chi connectivity index (χ3n) is 2.37. The van der Waals surface area contributed by atoms with Crippen LogP contribution in [0.2, 0.25) is 0 Å². The molecule has 1 aromatic rings. The summed E-state index contributed by atoms with van der Waals surface area (Å²) in [4.78, 5) is 10.9. The van der Waals surface area contributed by atoms with Gasteiger partial charge in [0.15, 0.2) is 0 Å². The number of rotatable bonds is 5. The van der Waals surface area contributed by atoms with Crippen molar-refractivity contribution in [2.45, 2.75) is 18.6 Å². The van der Waals surface area contributed by atoms with Gasteiger partial charge in [0.1, 0.15) is 11.9 Å².